The largest absolute Gasteiger partial charge is 0.444 e. The van der Waals surface area contributed by atoms with Crippen LogP contribution in [0.2, 0.25) is 0 Å². The van der Waals surface area contributed by atoms with E-state index < -0.39 is 5.60 Å². The van der Waals surface area contributed by atoms with Crippen molar-refractivity contribution >= 4 is 12.1 Å². The highest BCUT2D eigenvalue weighted by molar-refractivity contribution is 5.82. The van der Waals surface area contributed by atoms with Crippen LogP contribution in [0.3, 0.4) is 0 Å². The number of hydrogen-bond donors (Lipinski definition) is 1. The summed E-state index contributed by atoms with van der Waals surface area (Å²) in [5.74, 6) is 0.960. The van der Waals surface area contributed by atoms with Gasteiger partial charge in [-0.25, -0.2) is 4.79 Å². The van der Waals surface area contributed by atoms with Crippen LogP contribution in [-0.4, -0.2) is 102 Å². The number of guanidine groups is 1. The molecule has 0 spiro atoms. The molecule has 0 bridgehead atoms. The Morgan fingerprint density at radius 1 is 1.14 bits per heavy atom. The summed E-state index contributed by atoms with van der Waals surface area (Å²) in [6.45, 7) is 20.1. The molecule has 3 atom stereocenters. The highest BCUT2D eigenvalue weighted by Crippen LogP contribution is 2.22. The quantitative estimate of drug-likeness (QED) is 0.766. The lowest BCUT2D eigenvalue weighted by Crippen LogP contribution is -2.61. The summed E-state index contributed by atoms with van der Waals surface area (Å²) in [4.78, 5) is 23.7. The second-order valence-corrected chi connectivity index (χ2v) is 10.3. The molecule has 1 amide bonds. The number of ether oxygens (including phenoxy) is 2. The average Bonchev–Trinajstić information content (AvgIpc) is 3.00. The average molecular weight is 410 g/mol. The Balaban J connectivity index is 1.51. The number of carbonyl (C=O) groups excluding carboxylic acids is 1. The number of carbonyl (C=O) groups is 1. The normalized spacial score (nSPS) is 28.8. The molecule has 0 aromatic heterocycles. The second kappa shape index (κ2) is 8.30. The molecule has 3 heterocycles. The third-order valence-electron chi connectivity index (χ3n) is 5.81. The van der Waals surface area contributed by atoms with Crippen molar-refractivity contribution in [2.75, 3.05) is 45.8 Å². The zero-order valence-electron chi connectivity index (χ0n) is 19.2. The van der Waals surface area contributed by atoms with E-state index in [-0.39, 0.29) is 29.9 Å². The van der Waals surface area contributed by atoms with Crippen molar-refractivity contribution in [3.05, 3.63) is 0 Å². The van der Waals surface area contributed by atoms with Crippen LogP contribution in [0.5, 0.6) is 0 Å². The van der Waals surface area contributed by atoms with E-state index in [1.54, 1.807) is 0 Å². The standard InChI is InChI=1S/C21H39N5O3/c1-15-11-25(12-16(2)28-15)21(6,7)14-23-18-22-10-17-13-24(8-9-26(17)18)19(27)29-20(3,4)5/h15-17H,8-14H2,1-7H3,(H,22,23). The van der Waals surface area contributed by atoms with Crippen molar-refractivity contribution in [2.24, 2.45) is 4.99 Å². The third kappa shape index (κ3) is 5.54. The number of aliphatic imine (C=N–C) groups is 1. The number of amides is 1. The van der Waals surface area contributed by atoms with Gasteiger partial charge in [0.2, 0.25) is 0 Å². The van der Waals surface area contributed by atoms with E-state index in [1.165, 1.54) is 0 Å². The molecule has 3 aliphatic rings. The van der Waals surface area contributed by atoms with Gasteiger partial charge in [-0.15, -0.1) is 0 Å². The minimum Gasteiger partial charge on any atom is -0.444 e. The molecule has 0 saturated carbocycles. The van der Waals surface area contributed by atoms with Gasteiger partial charge in [-0.3, -0.25) is 9.89 Å². The molecule has 3 unspecified atom stereocenters. The van der Waals surface area contributed by atoms with Crippen molar-refractivity contribution in [2.45, 2.75) is 77.9 Å². The van der Waals surface area contributed by atoms with Gasteiger partial charge in [0, 0.05) is 44.8 Å². The molecule has 0 aliphatic carbocycles. The smallest absolute Gasteiger partial charge is 0.410 e. The molecule has 166 valence electrons. The van der Waals surface area contributed by atoms with E-state index in [1.807, 2.05) is 25.7 Å². The summed E-state index contributed by atoms with van der Waals surface area (Å²) >= 11 is 0. The number of hydrogen-bond acceptors (Lipinski definition) is 7. The number of rotatable bonds is 3. The Labute approximate surface area is 175 Å². The molecule has 3 aliphatic heterocycles. The fraction of sp³-hybridized carbons (Fsp3) is 0.905. The maximum absolute atomic E-state index is 12.4. The monoisotopic (exact) mass is 409 g/mol. The van der Waals surface area contributed by atoms with Gasteiger partial charge in [0.05, 0.1) is 24.8 Å². The van der Waals surface area contributed by atoms with Crippen LogP contribution in [0, 0.1) is 0 Å². The van der Waals surface area contributed by atoms with Gasteiger partial charge in [0.1, 0.15) is 5.60 Å². The predicted molar refractivity (Wildman–Crippen MR) is 114 cm³/mol. The van der Waals surface area contributed by atoms with Crippen LogP contribution in [-0.2, 0) is 9.47 Å². The van der Waals surface area contributed by atoms with Crippen molar-refractivity contribution < 1.29 is 14.3 Å². The first-order valence-corrected chi connectivity index (χ1v) is 10.9. The molecule has 0 aromatic rings. The van der Waals surface area contributed by atoms with E-state index in [4.69, 9.17) is 14.5 Å². The van der Waals surface area contributed by atoms with Gasteiger partial charge >= 0.3 is 6.09 Å². The van der Waals surface area contributed by atoms with Crippen LogP contribution >= 0.6 is 0 Å². The third-order valence-corrected chi connectivity index (χ3v) is 5.81. The van der Waals surface area contributed by atoms with E-state index >= 15 is 0 Å². The first kappa shape index (κ1) is 22.2. The lowest BCUT2D eigenvalue weighted by atomic mass is 10.00. The lowest BCUT2D eigenvalue weighted by molar-refractivity contribution is -0.0947. The Morgan fingerprint density at radius 3 is 2.41 bits per heavy atom. The molecule has 0 aromatic carbocycles. The second-order valence-electron chi connectivity index (χ2n) is 10.3. The van der Waals surface area contributed by atoms with Gasteiger partial charge in [-0.2, -0.15) is 0 Å². The SMILES string of the molecule is CC1CN(C(C)(C)CNC2=NCC3CN(C(=O)OC(C)(C)C)CCN23)CC(C)O1. The van der Waals surface area contributed by atoms with Crippen molar-refractivity contribution in [3.8, 4) is 0 Å². The van der Waals surface area contributed by atoms with Crippen LogP contribution in [0.25, 0.3) is 0 Å². The van der Waals surface area contributed by atoms with E-state index in [9.17, 15) is 4.79 Å². The molecule has 0 radical (unpaired) electrons. The first-order valence-electron chi connectivity index (χ1n) is 10.9. The van der Waals surface area contributed by atoms with Gasteiger partial charge < -0.3 is 24.6 Å². The van der Waals surface area contributed by atoms with Gasteiger partial charge in [0.25, 0.3) is 0 Å². The summed E-state index contributed by atoms with van der Waals surface area (Å²) in [5, 5.41) is 3.59. The van der Waals surface area contributed by atoms with E-state index in [2.05, 4.69) is 42.8 Å². The van der Waals surface area contributed by atoms with Crippen LogP contribution in [0.15, 0.2) is 4.99 Å². The van der Waals surface area contributed by atoms with Gasteiger partial charge in [-0.05, 0) is 48.5 Å². The fourth-order valence-electron chi connectivity index (χ4n) is 4.30. The summed E-state index contributed by atoms with van der Waals surface area (Å²) in [5.41, 5.74) is -0.460. The fourth-order valence-corrected chi connectivity index (χ4v) is 4.30. The Morgan fingerprint density at radius 2 is 1.79 bits per heavy atom. The highest BCUT2D eigenvalue weighted by atomic mass is 16.6. The van der Waals surface area contributed by atoms with Crippen LogP contribution < -0.4 is 5.32 Å². The van der Waals surface area contributed by atoms with Crippen LogP contribution in [0.4, 0.5) is 4.79 Å². The number of nitrogens with one attached hydrogen (secondary N) is 1. The highest BCUT2D eigenvalue weighted by Gasteiger charge is 2.38. The molecule has 2 fully saturated rings. The first-order chi connectivity index (χ1) is 13.4. The number of piperazine rings is 1. The summed E-state index contributed by atoms with van der Waals surface area (Å²) in [7, 11) is 0. The zero-order chi connectivity index (χ0) is 21.4. The Bertz CT molecular complexity index is 620. The molecular weight excluding hydrogens is 370 g/mol. The number of nitrogens with zero attached hydrogens (tertiary/aromatic N) is 4. The Kier molecular flexibility index (Phi) is 6.34. The molecule has 29 heavy (non-hydrogen) atoms. The summed E-state index contributed by atoms with van der Waals surface area (Å²) < 4.78 is 11.4. The molecule has 3 rings (SSSR count). The molecule has 2 saturated heterocycles. The maximum Gasteiger partial charge on any atom is 0.410 e. The maximum atomic E-state index is 12.4. The minimum absolute atomic E-state index is 0.00520. The summed E-state index contributed by atoms with van der Waals surface area (Å²) in [6.07, 6.45) is 0.287. The number of morpholine rings is 1. The van der Waals surface area contributed by atoms with E-state index in [0.717, 1.165) is 32.1 Å². The van der Waals surface area contributed by atoms with Crippen LogP contribution in [0.1, 0.15) is 48.5 Å². The topological polar surface area (TPSA) is 69.6 Å². The molecule has 8 heteroatoms. The van der Waals surface area contributed by atoms with E-state index in [0.29, 0.717) is 19.6 Å². The number of fused-ring (bicyclic) bond motifs is 1. The van der Waals surface area contributed by atoms with Crippen molar-refractivity contribution in [1.29, 1.82) is 0 Å². The minimum atomic E-state index is -0.465. The van der Waals surface area contributed by atoms with Crippen molar-refractivity contribution in [1.82, 2.24) is 20.0 Å². The zero-order valence-corrected chi connectivity index (χ0v) is 19.2. The molecular formula is C21H39N5O3. The lowest BCUT2D eigenvalue weighted by Gasteiger charge is -2.45. The predicted octanol–water partition coefficient (Wildman–Crippen LogP) is 1.75. The Hall–Kier alpha value is -1.54. The molecule has 1 N–H and O–H groups in total. The van der Waals surface area contributed by atoms with Gasteiger partial charge in [-0.1, -0.05) is 0 Å². The molecule has 8 nitrogen and oxygen atoms in total. The van der Waals surface area contributed by atoms with Crippen molar-refractivity contribution in [3.63, 3.8) is 0 Å². The summed E-state index contributed by atoms with van der Waals surface area (Å²) in [6, 6.07) is 0.227. The van der Waals surface area contributed by atoms with Gasteiger partial charge in [0.15, 0.2) is 5.96 Å².